The number of carbonyl (C=O) groups is 3. The maximum absolute atomic E-state index is 14.6. The number of hydrogen-bond donors (Lipinski definition) is 1. The lowest BCUT2D eigenvalue weighted by Crippen LogP contribution is -2.39. The van der Waals surface area contributed by atoms with Crippen molar-refractivity contribution in [2.75, 3.05) is 4.90 Å². The molecule has 0 saturated heterocycles. The summed E-state index contributed by atoms with van der Waals surface area (Å²) in [5, 5.41) is 8.94. The second-order valence-electron chi connectivity index (χ2n) is 5.54. The summed E-state index contributed by atoms with van der Waals surface area (Å²) < 4.78 is 14.6. The molecule has 0 aliphatic heterocycles. The predicted molar refractivity (Wildman–Crippen MR) is 87.1 cm³/mol. The van der Waals surface area contributed by atoms with Gasteiger partial charge in [0.2, 0.25) is 5.91 Å². The van der Waals surface area contributed by atoms with Crippen molar-refractivity contribution in [3.8, 4) is 0 Å². The Balaban J connectivity index is 2.12. The molecule has 0 unspecified atom stereocenters. The van der Waals surface area contributed by atoms with Crippen molar-refractivity contribution in [3.63, 3.8) is 0 Å². The summed E-state index contributed by atoms with van der Waals surface area (Å²) in [6.07, 6.45) is 2.55. The number of aromatic carboxylic acids is 1. The fourth-order valence-electron chi connectivity index (χ4n) is 2.36. The summed E-state index contributed by atoms with van der Waals surface area (Å²) >= 11 is 5.91. The number of anilines is 1. The van der Waals surface area contributed by atoms with Crippen molar-refractivity contribution in [2.45, 2.75) is 12.8 Å². The number of carbonyl (C=O) groups excluding carboxylic acids is 2. The van der Waals surface area contributed by atoms with E-state index in [0.717, 1.165) is 6.07 Å². The highest BCUT2D eigenvalue weighted by molar-refractivity contribution is 6.35. The van der Waals surface area contributed by atoms with Crippen LogP contribution >= 0.6 is 11.6 Å². The molecular weight excluding hydrogens is 351 g/mol. The molecule has 1 aromatic heterocycles. The summed E-state index contributed by atoms with van der Waals surface area (Å²) in [7, 11) is 0. The summed E-state index contributed by atoms with van der Waals surface area (Å²) in [5.41, 5.74) is -1.11. The molecule has 0 atom stereocenters. The Morgan fingerprint density at radius 3 is 2.44 bits per heavy atom. The molecule has 0 spiro atoms. The number of hydrogen-bond acceptors (Lipinski definition) is 4. The first-order valence-corrected chi connectivity index (χ1v) is 7.80. The van der Waals surface area contributed by atoms with Gasteiger partial charge in [-0.25, -0.2) is 19.1 Å². The van der Waals surface area contributed by atoms with E-state index in [1.807, 2.05) is 0 Å². The van der Waals surface area contributed by atoms with Crippen LogP contribution in [-0.2, 0) is 4.79 Å². The predicted octanol–water partition coefficient (Wildman–Crippen LogP) is 3.16. The lowest BCUT2D eigenvalue weighted by atomic mass is 10.1. The maximum atomic E-state index is 14.6. The number of amides is 2. The van der Waals surface area contributed by atoms with Gasteiger partial charge in [0.25, 0.3) is 5.91 Å². The molecule has 1 saturated carbocycles. The van der Waals surface area contributed by atoms with Gasteiger partial charge >= 0.3 is 5.97 Å². The first kappa shape index (κ1) is 17.0. The van der Waals surface area contributed by atoms with Crippen molar-refractivity contribution in [3.05, 3.63) is 58.6 Å². The van der Waals surface area contributed by atoms with Crippen LogP contribution in [0.15, 0.2) is 36.5 Å². The zero-order valence-corrected chi connectivity index (χ0v) is 13.5. The molecule has 2 aromatic rings. The number of pyridine rings is 1. The lowest BCUT2D eigenvalue weighted by molar-refractivity contribution is -0.119. The van der Waals surface area contributed by atoms with Crippen LogP contribution < -0.4 is 4.90 Å². The highest BCUT2D eigenvalue weighted by Crippen LogP contribution is 2.35. The lowest BCUT2D eigenvalue weighted by Gasteiger charge is -2.22. The second-order valence-corrected chi connectivity index (χ2v) is 5.90. The van der Waals surface area contributed by atoms with Gasteiger partial charge in [0, 0.05) is 12.1 Å². The zero-order valence-electron chi connectivity index (χ0n) is 12.8. The van der Waals surface area contributed by atoms with Crippen LogP contribution in [0.2, 0.25) is 5.15 Å². The quantitative estimate of drug-likeness (QED) is 0.666. The van der Waals surface area contributed by atoms with Crippen LogP contribution in [0.1, 0.15) is 33.6 Å². The maximum Gasteiger partial charge on any atom is 0.338 e. The first-order valence-electron chi connectivity index (χ1n) is 7.42. The van der Waals surface area contributed by atoms with E-state index in [-0.39, 0.29) is 10.7 Å². The van der Waals surface area contributed by atoms with Gasteiger partial charge in [-0.15, -0.1) is 0 Å². The highest BCUT2D eigenvalue weighted by Gasteiger charge is 2.39. The Morgan fingerprint density at radius 2 is 1.84 bits per heavy atom. The molecule has 128 valence electrons. The van der Waals surface area contributed by atoms with E-state index < -0.39 is 40.8 Å². The van der Waals surface area contributed by atoms with Crippen molar-refractivity contribution < 1.29 is 23.9 Å². The normalized spacial score (nSPS) is 13.4. The molecule has 1 fully saturated rings. The van der Waals surface area contributed by atoms with E-state index in [9.17, 15) is 18.8 Å². The zero-order chi connectivity index (χ0) is 18.1. The number of carboxylic acid groups (broad SMARTS) is 1. The van der Waals surface area contributed by atoms with Crippen molar-refractivity contribution in [2.24, 2.45) is 5.92 Å². The molecular formula is C17H12ClFN2O4. The molecule has 1 aliphatic carbocycles. The van der Waals surface area contributed by atoms with E-state index in [4.69, 9.17) is 16.7 Å². The van der Waals surface area contributed by atoms with E-state index in [1.165, 1.54) is 30.5 Å². The third kappa shape index (κ3) is 3.23. The molecule has 25 heavy (non-hydrogen) atoms. The Morgan fingerprint density at radius 1 is 1.16 bits per heavy atom. The van der Waals surface area contributed by atoms with E-state index in [1.54, 1.807) is 0 Å². The fourth-order valence-corrected chi connectivity index (χ4v) is 2.56. The number of benzene rings is 1. The Bertz CT molecular complexity index is 883. The van der Waals surface area contributed by atoms with Crippen molar-refractivity contribution in [1.82, 2.24) is 4.98 Å². The highest BCUT2D eigenvalue weighted by atomic mass is 35.5. The molecule has 0 radical (unpaired) electrons. The van der Waals surface area contributed by atoms with Gasteiger partial charge in [0.15, 0.2) is 5.82 Å². The van der Waals surface area contributed by atoms with Crippen molar-refractivity contribution >= 4 is 35.1 Å². The van der Waals surface area contributed by atoms with Crippen LogP contribution in [0.3, 0.4) is 0 Å². The van der Waals surface area contributed by atoms with Gasteiger partial charge in [-0.1, -0.05) is 17.7 Å². The number of imide groups is 1. The largest absolute Gasteiger partial charge is 0.478 e. The van der Waals surface area contributed by atoms with Crippen LogP contribution in [0.4, 0.5) is 10.1 Å². The smallest absolute Gasteiger partial charge is 0.338 e. The summed E-state index contributed by atoms with van der Waals surface area (Å²) in [5.74, 6) is -4.49. The SMILES string of the molecule is O=C(O)c1cccc(N(C(=O)c2cccnc2Cl)C(=O)C2CC2)c1F. The third-order valence-electron chi connectivity index (χ3n) is 3.79. The van der Waals surface area contributed by atoms with Crippen LogP contribution in [0, 0.1) is 11.7 Å². The summed E-state index contributed by atoms with van der Waals surface area (Å²) in [6.45, 7) is 0. The minimum Gasteiger partial charge on any atom is -0.478 e. The average Bonchev–Trinajstić information content (AvgIpc) is 3.41. The standard InChI is InChI=1S/C17H12ClFN2O4/c18-14-11(4-2-8-20-14)16(23)21(15(22)9-6-7-9)12-5-1-3-10(13(12)19)17(24)25/h1-5,8-9H,6-7H2,(H,24,25). The molecule has 6 nitrogen and oxygen atoms in total. The van der Waals surface area contributed by atoms with E-state index in [0.29, 0.717) is 17.7 Å². The van der Waals surface area contributed by atoms with E-state index >= 15 is 0 Å². The van der Waals surface area contributed by atoms with E-state index in [2.05, 4.69) is 4.98 Å². The minimum absolute atomic E-state index is 0.0710. The van der Waals surface area contributed by atoms with Gasteiger partial charge in [-0.05, 0) is 37.1 Å². The number of nitrogens with zero attached hydrogens (tertiary/aromatic N) is 2. The Kier molecular flexibility index (Phi) is 4.50. The Labute approximate surface area is 146 Å². The topological polar surface area (TPSA) is 87.6 Å². The Hall–Kier alpha value is -2.80. The van der Waals surface area contributed by atoms with Gasteiger partial charge in [-0.2, -0.15) is 0 Å². The summed E-state index contributed by atoms with van der Waals surface area (Å²) in [6, 6.07) is 6.34. The number of halogens is 2. The van der Waals surface area contributed by atoms with Crippen LogP contribution in [0.25, 0.3) is 0 Å². The number of aromatic nitrogens is 1. The molecule has 1 heterocycles. The van der Waals surface area contributed by atoms with Crippen LogP contribution in [0.5, 0.6) is 0 Å². The summed E-state index contributed by atoms with van der Waals surface area (Å²) in [4.78, 5) is 41.0. The molecule has 0 bridgehead atoms. The van der Waals surface area contributed by atoms with Crippen LogP contribution in [-0.4, -0.2) is 27.9 Å². The van der Waals surface area contributed by atoms with Gasteiger partial charge in [0.1, 0.15) is 5.15 Å². The number of carboxylic acids is 1. The molecule has 1 aliphatic rings. The molecule has 3 rings (SSSR count). The minimum atomic E-state index is -1.50. The third-order valence-corrected chi connectivity index (χ3v) is 4.09. The fraction of sp³-hybridized carbons (Fsp3) is 0.176. The van der Waals surface area contributed by atoms with Gasteiger partial charge < -0.3 is 5.11 Å². The molecule has 1 N–H and O–H groups in total. The molecule has 1 aromatic carbocycles. The van der Waals surface area contributed by atoms with Crippen molar-refractivity contribution in [1.29, 1.82) is 0 Å². The van der Waals surface area contributed by atoms with Gasteiger partial charge in [-0.3, -0.25) is 9.59 Å². The monoisotopic (exact) mass is 362 g/mol. The second kappa shape index (κ2) is 6.60. The molecule has 2 amide bonds. The number of rotatable bonds is 4. The van der Waals surface area contributed by atoms with Gasteiger partial charge in [0.05, 0.1) is 16.8 Å². The average molecular weight is 363 g/mol. The first-order chi connectivity index (χ1) is 11.9. The molecule has 8 heteroatoms.